The van der Waals surface area contributed by atoms with Crippen LogP contribution in [0.5, 0.6) is 5.75 Å². The molecule has 3 aromatic rings. The fourth-order valence-corrected chi connectivity index (χ4v) is 4.78. The maximum Gasteiger partial charge on any atom is 0.230 e. The predicted molar refractivity (Wildman–Crippen MR) is 128 cm³/mol. The number of nitrogens with zero attached hydrogens (tertiary/aromatic N) is 3. The van der Waals surface area contributed by atoms with Crippen LogP contribution in [0.15, 0.2) is 59.8 Å². The van der Waals surface area contributed by atoms with E-state index in [0.29, 0.717) is 18.4 Å². The van der Waals surface area contributed by atoms with E-state index in [9.17, 15) is 4.79 Å². The molecular weight excluding hydrogens is 420 g/mol. The van der Waals surface area contributed by atoms with Crippen LogP contribution in [0.1, 0.15) is 38.2 Å². The van der Waals surface area contributed by atoms with Crippen molar-refractivity contribution < 1.29 is 9.53 Å². The summed E-state index contributed by atoms with van der Waals surface area (Å²) in [6.45, 7) is 3.43. The van der Waals surface area contributed by atoms with E-state index in [4.69, 9.17) is 4.74 Å². The van der Waals surface area contributed by atoms with Gasteiger partial charge in [-0.15, -0.1) is 10.2 Å². The number of nitrogens with one attached hydrogen (secondary N) is 1. The number of benzene rings is 2. The van der Waals surface area contributed by atoms with E-state index in [1.807, 2.05) is 42.5 Å². The molecule has 0 spiro atoms. The van der Waals surface area contributed by atoms with Crippen LogP contribution in [0.4, 0.5) is 0 Å². The summed E-state index contributed by atoms with van der Waals surface area (Å²) < 4.78 is 8.11. The summed E-state index contributed by atoms with van der Waals surface area (Å²) in [6.07, 6.45) is 5.98. The average Bonchev–Trinajstić information content (AvgIpc) is 3.48. The molecule has 1 fully saturated rings. The van der Waals surface area contributed by atoms with Crippen molar-refractivity contribution in [1.29, 1.82) is 0 Å². The predicted octanol–water partition coefficient (Wildman–Crippen LogP) is 4.74. The first-order valence-electron chi connectivity index (χ1n) is 11.4. The van der Waals surface area contributed by atoms with Crippen molar-refractivity contribution in [2.24, 2.45) is 0 Å². The molecule has 1 N–H and O–H groups in total. The van der Waals surface area contributed by atoms with Crippen LogP contribution in [0.25, 0.3) is 11.4 Å². The molecule has 0 bridgehead atoms. The number of amides is 1. The zero-order valence-corrected chi connectivity index (χ0v) is 19.3. The molecule has 1 heterocycles. The number of rotatable bonds is 10. The summed E-state index contributed by atoms with van der Waals surface area (Å²) in [5.74, 6) is 2.05. The van der Waals surface area contributed by atoms with Gasteiger partial charge in [-0.2, -0.15) is 0 Å². The van der Waals surface area contributed by atoms with Crippen LogP contribution in [0.3, 0.4) is 0 Å². The van der Waals surface area contributed by atoms with Gasteiger partial charge in [-0.1, -0.05) is 42.1 Å². The third kappa shape index (κ3) is 5.91. The molecule has 32 heavy (non-hydrogen) atoms. The average molecular weight is 451 g/mol. The first-order valence-corrected chi connectivity index (χ1v) is 12.3. The van der Waals surface area contributed by atoms with Crippen LogP contribution < -0.4 is 10.1 Å². The Kier molecular flexibility index (Phi) is 7.82. The highest BCUT2D eigenvalue weighted by Crippen LogP contribution is 2.28. The van der Waals surface area contributed by atoms with Crippen molar-refractivity contribution in [2.75, 3.05) is 12.3 Å². The normalized spacial score (nSPS) is 13.9. The number of hydrogen-bond acceptors (Lipinski definition) is 5. The summed E-state index contributed by atoms with van der Waals surface area (Å²) >= 11 is 1.42. The molecule has 1 amide bonds. The SMILES string of the molecule is CCn1c(SCC(=O)NCCc2ccccc2)nnc1-c1ccc(OC2CCCC2)cc1. The van der Waals surface area contributed by atoms with E-state index < -0.39 is 0 Å². The molecule has 0 radical (unpaired) electrons. The number of ether oxygens (including phenoxy) is 1. The van der Waals surface area contributed by atoms with Crippen LogP contribution in [-0.2, 0) is 17.8 Å². The zero-order chi connectivity index (χ0) is 22.2. The van der Waals surface area contributed by atoms with Gasteiger partial charge in [0.1, 0.15) is 5.75 Å². The van der Waals surface area contributed by atoms with Gasteiger partial charge in [0.25, 0.3) is 0 Å². The Bertz CT molecular complexity index is 999. The number of carbonyl (C=O) groups is 1. The summed E-state index contributed by atoms with van der Waals surface area (Å²) in [5.41, 5.74) is 2.22. The Morgan fingerprint density at radius 3 is 2.56 bits per heavy atom. The van der Waals surface area contributed by atoms with Crippen molar-refractivity contribution >= 4 is 17.7 Å². The lowest BCUT2D eigenvalue weighted by molar-refractivity contribution is -0.118. The molecule has 1 saturated carbocycles. The van der Waals surface area contributed by atoms with Gasteiger partial charge in [0.15, 0.2) is 11.0 Å². The molecule has 0 unspecified atom stereocenters. The number of hydrogen-bond donors (Lipinski definition) is 1. The summed E-state index contributed by atoms with van der Waals surface area (Å²) in [5, 5.41) is 12.5. The maximum atomic E-state index is 12.3. The van der Waals surface area contributed by atoms with E-state index in [1.165, 1.54) is 30.2 Å². The number of aromatic nitrogens is 3. The number of thioether (sulfide) groups is 1. The molecule has 6 nitrogen and oxygen atoms in total. The highest BCUT2D eigenvalue weighted by molar-refractivity contribution is 7.99. The smallest absolute Gasteiger partial charge is 0.230 e. The first kappa shape index (κ1) is 22.4. The molecule has 0 saturated heterocycles. The van der Waals surface area contributed by atoms with Crippen molar-refractivity contribution in [2.45, 2.75) is 56.8 Å². The van der Waals surface area contributed by atoms with Crippen LogP contribution in [0.2, 0.25) is 0 Å². The van der Waals surface area contributed by atoms with E-state index in [-0.39, 0.29) is 5.91 Å². The van der Waals surface area contributed by atoms with Crippen molar-refractivity contribution in [3.05, 3.63) is 60.2 Å². The lowest BCUT2D eigenvalue weighted by atomic mass is 10.1. The minimum atomic E-state index is 0.00606. The van der Waals surface area contributed by atoms with Gasteiger partial charge in [-0.05, 0) is 68.9 Å². The van der Waals surface area contributed by atoms with Crippen LogP contribution in [0, 0.1) is 0 Å². The fraction of sp³-hybridized carbons (Fsp3) is 0.400. The fourth-order valence-electron chi connectivity index (χ4n) is 3.95. The second-order valence-electron chi connectivity index (χ2n) is 7.97. The zero-order valence-electron chi connectivity index (χ0n) is 18.5. The third-order valence-corrected chi connectivity index (χ3v) is 6.63. The van der Waals surface area contributed by atoms with Gasteiger partial charge in [-0.3, -0.25) is 4.79 Å². The van der Waals surface area contributed by atoms with Crippen molar-refractivity contribution in [3.8, 4) is 17.1 Å². The van der Waals surface area contributed by atoms with Crippen LogP contribution >= 0.6 is 11.8 Å². The standard InChI is InChI=1S/C25H30N4O2S/c1-2-29-24(20-12-14-22(15-13-20)31-21-10-6-7-11-21)27-28-25(29)32-18-23(30)26-17-16-19-8-4-3-5-9-19/h3-5,8-9,12-15,21H,2,6-7,10-11,16-18H2,1H3,(H,26,30). The van der Waals surface area contributed by atoms with Gasteiger partial charge in [0.2, 0.25) is 5.91 Å². The van der Waals surface area contributed by atoms with E-state index in [1.54, 1.807) is 0 Å². The molecular formula is C25H30N4O2S. The molecule has 0 atom stereocenters. The third-order valence-electron chi connectivity index (χ3n) is 5.66. The molecule has 1 aliphatic rings. The lowest BCUT2D eigenvalue weighted by Crippen LogP contribution is -2.27. The Labute approximate surface area is 193 Å². The van der Waals surface area contributed by atoms with Gasteiger partial charge in [0, 0.05) is 18.7 Å². The van der Waals surface area contributed by atoms with Crippen molar-refractivity contribution in [1.82, 2.24) is 20.1 Å². The highest BCUT2D eigenvalue weighted by atomic mass is 32.2. The molecule has 0 aliphatic heterocycles. The molecule has 7 heteroatoms. The van der Waals surface area contributed by atoms with Gasteiger partial charge in [-0.25, -0.2) is 0 Å². The molecule has 168 valence electrons. The first-order chi connectivity index (χ1) is 15.7. The Hall–Kier alpha value is -2.80. The Balaban J connectivity index is 1.30. The minimum absolute atomic E-state index is 0.00606. The molecule has 2 aromatic carbocycles. The highest BCUT2D eigenvalue weighted by Gasteiger charge is 2.17. The van der Waals surface area contributed by atoms with Crippen LogP contribution in [-0.4, -0.2) is 39.1 Å². The van der Waals surface area contributed by atoms with Gasteiger partial charge in [0.05, 0.1) is 11.9 Å². The summed E-state index contributed by atoms with van der Waals surface area (Å²) in [7, 11) is 0. The topological polar surface area (TPSA) is 69.0 Å². The lowest BCUT2D eigenvalue weighted by Gasteiger charge is -2.13. The molecule has 1 aliphatic carbocycles. The number of carbonyl (C=O) groups excluding carboxylic acids is 1. The Morgan fingerprint density at radius 1 is 1.09 bits per heavy atom. The monoisotopic (exact) mass is 450 g/mol. The minimum Gasteiger partial charge on any atom is -0.490 e. The van der Waals surface area contributed by atoms with E-state index in [0.717, 1.165) is 48.1 Å². The largest absolute Gasteiger partial charge is 0.490 e. The summed E-state index contributed by atoms with van der Waals surface area (Å²) in [6, 6.07) is 18.2. The van der Waals surface area contributed by atoms with E-state index >= 15 is 0 Å². The van der Waals surface area contributed by atoms with Gasteiger partial charge < -0.3 is 14.6 Å². The Morgan fingerprint density at radius 2 is 1.84 bits per heavy atom. The van der Waals surface area contributed by atoms with E-state index in [2.05, 4.69) is 39.1 Å². The van der Waals surface area contributed by atoms with Gasteiger partial charge >= 0.3 is 0 Å². The summed E-state index contributed by atoms with van der Waals surface area (Å²) in [4.78, 5) is 12.3. The molecule has 4 rings (SSSR count). The second-order valence-corrected chi connectivity index (χ2v) is 8.92. The quantitative estimate of drug-likeness (QED) is 0.452. The molecule has 1 aromatic heterocycles. The second kappa shape index (κ2) is 11.2. The van der Waals surface area contributed by atoms with Crippen molar-refractivity contribution in [3.63, 3.8) is 0 Å². The maximum absolute atomic E-state index is 12.3.